The van der Waals surface area contributed by atoms with Gasteiger partial charge < -0.3 is 0 Å². The number of carbonyl (C=O) groups excluding carboxylic acids is 2. The zero-order valence-corrected chi connectivity index (χ0v) is 10.6. The first-order valence-electron chi connectivity index (χ1n) is 6.61. The quantitative estimate of drug-likeness (QED) is 0.630. The van der Waals surface area contributed by atoms with Crippen LogP contribution in [-0.2, 0) is 9.59 Å². The molecule has 0 saturated heterocycles. The first kappa shape index (κ1) is 13.4. The van der Waals surface area contributed by atoms with E-state index in [-0.39, 0.29) is 0 Å². The summed E-state index contributed by atoms with van der Waals surface area (Å²) in [6.07, 6.45) is 7.97. The normalized spacial score (nSPS) is 27.2. The van der Waals surface area contributed by atoms with Crippen LogP contribution >= 0.6 is 0 Å². The van der Waals surface area contributed by atoms with Gasteiger partial charge in [-0.15, -0.1) is 0 Å². The predicted octanol–water partition coefficient (Wildman–Crippen LogP) is 3.53. The molecular weight excluding hydrogens is 200 g/mol. The molecule has 0 bridgehead atoms. The Morgan fingerprint density at radius 3 is 1.81 bits per heavy atom. The summed E-state index contributed by atoms with van der Waals surface area (Å²) in [4.78, 5) is 21.3. The highest BCUT2D eigenvalue weighted by atomic mass is 16.1. The Kier molecular flexibility index (Phi) is 5.72. The lowest BCUT2D eigenvalue weighted by Gasteiger charge is -2.14. The van der Waals surface area contributed by atoms with Crippen LogP contribution in [0.2, 0.25) is 0 Å². The zero-order valence-electron chi connectivity index (χ0n) is 10.6. The average molecular weight is 224 g/mol. The smallest absolute Gasteiger partial charge is 0.133 e. The van der Waals surface area contributed by atoms with Gasteiger partial charge in [-0.1, -0.05) is 13.8 Å². The summed E-state index contributed by atoms with van der Waals surface area (Å²) in [6.45, 7) is 4.36. The summed E-state index contributed by atoms with van der Waals surface area (Å²) >= 11 is 0. The largest absolute Gasteiger partial charge is 0.300 e. The first-order chi connectivity index (χ1) is 7.58. The summed E-state index contributed by atoms with van der Waals surface area (Å²) < 4.78 is 0. The van der Waals surface area contributed by atoms with E-state index in [4.69, 9.17) is 0 Å². The van der Waals surface area contributed by atoms with E-state index >= 15 is 0 Å². The maximum Gasteiger partial charge on any atom is 0.133 e. The van der Waals surface area contributed by atoms with Crippen molar-refractivity contribution in [1.82, 2.24) is 0 Å². The van der Waals surface area contributed by atoms with E-state index in [9.17, 15) is 9.59 Å². The number of rotatable bonds is 0. The minimum atomic E-state index is 0.461. The molecule has 0 spiro atoms. The van der Waals surface area contributed by atoms with Crippen LogP contribution in [0.15, 0.2) is 0 Å². The van der Waals surface area contributed by atoms with Crippen molar-refractivity contribution >= 4 is 11.6 Å². The molecule has 2 rings (SSSR count). The van der Waals surface area contributed by atoms with Crippen LogP contribution in [0.4, 0.5) is 0 Å². The molecule has 0 radical (unpaired) electrons. The molecule has 0 aromatic heterocycles. The molecule has 0 aliphatic heterocycles. The third-order valence-corrected chi connectivity index (χ3v) is 3.56. The van der Waals surface area contributed by atoms with Gasteiger partial charge in [-0.2, -0.15) is 0 Å². The van der Waals surface area contributed by atoms with Gasteiger partial charge in [-0.05, 0) is 37.5 Å². The van der Waals surface area contributed by atoms with Crippen LogP contribution in [0.5, 0.6) is 0 Å². The van der Waals surface area contributed by atoms with E-state index < -0.39 is 0 Å². The highest BCUT2D eigenvalue weighted by Gasteiger charge is 2.14. The standard InChI is InChI=1S/2C7H12O/c1-6-2-4-7(8)5-3-6;1-6-3-2-4-7(8)5-6/h2*6H,2-5H2,1H3. The average Bonchev–Trinajstić information content (AvgIpc) is 2.23. The molecule has 0 heterocycles. The fourth-order valence-corrected chi connectivity index (χ4v) is 2.32. The van der Waals surface area contributed by atoms with Crippen LogP contribution in [0.25, 0.3) is 0 Å². The van der Waals surface area contributed by atoms with Crippen molar-refractivity contribution in [2.24, 2.45) is 11.8 Å². The minimum absolute atomic E-state index is 0.461. The maximum absolute atomic E-state index is 10.7. The number of hydrogen-bond donors (Lipinski definition) is 0. The van der Waals surface area contributed by atoms with E-state index in [0.717, 1.165) is 50.9 Å². The van der Waals surface area contributed by atoms with Gasteiger partial charge >= 0.3 is 0 Å². The van der Waals surface area contributed by atoms with Crippen LogP contribution in [0, 0.1) is 11.8 Å². The molecule has 1 unspecified atom stereocenters. The minimum Gasteiger partial charge on any atom is -0.300 e. The second-order valence-electron chi connectivity index (χ2n) is 5.46. The van der Waals surface area contributed by atoms with Crippen molar-refractivity contribution in [2.75, 3.05) is 0 Å². The number of carbonyl (C=O) groups is 2. The molecule has 2 nitrogen and oxygen atoms in total. The Bertz CT molecular complexity index is 235. The van der Waals surface area contributed by atoms with Gasteiger partial charge in [0, 0.05) is 25.7 Å². The van der Waals surface area contributed by atoms with Gasteiger partial charge in [0.2, 0.25) is 0 Å². The first-order valence-corrected chi connectivity index (χ1v) is 6.61. The van der Waals surface area contributed by atoms with Crippen LogP contribution in [-0.4, -0.2) is 11.6 Å². The topological polar surface area (TPSA) is 34.1 Å². The van der Waals surface area contributed by atoms with E-state index in [0.29, 0.717) is 17.5 Å². The molecule has 16 heavy (non-hydrogen) atoms. The molecule has 2 heteroatoms. The second-order valence-corrected chi connectivity index (χ2v) is 5.46. The van der Waals surface area contributed by atoms with E-state index in [1.54, 1.807) is 0 Å². The molecular formula is C14H24O2. The van der Waals surface area contributed by atoms with Gasteiger partial charge in [-0.25, -0.2) is 0 Å². The van der Waals surface area contributed by atoms with Gasteiger partial charge in [0.05, 0.1) is 0 Å². The van der Waals surface area contributed by atoms with E-state index in [1.165, 1.54) is 6.42 Å². The van der Waals surface area contributed by atoms with Gasteiger partial charge in [-0.3, -0.25) is 9.59 Å². The molecule has 2 fully saturated rings. The lowest BCUT2D eigenvalue weighted by Crippen LogP contribution is -2.11. The van der Waals surface area contributed by atoms with Crippen molar-refractivity contribution in [3.05, 3.63) is 0 Å². The Hall–Kier alpha value is -0.660. The summed E-state index contributed by atoms with van der Waals surface area (Å²) in [5, 5.41) is 0. The summed E-state index contributed by atoms with van der Waals surface area (Å²) in [6, 6.07) is 0. The summed E-state index contributed by atoms with van der Waals surface area (Å²) in [5.74, 6) is 2.39. The van der Waals surface area contributed by atoms with Crippen molar-refractivity contribution < 1.29 is 9.59 Å². The predicted molar refractivity (Wildman–Crippen MR) is 65.3 cm³/mol. The summed E-state index contributed by atoms with van der Waals surface area (Å²) in [7, 11) is 0. The van der Waals surface area contributed by atoms with E-state index in [2.05, 4.69) is 13.8 Å². The molecule has 2 aliphatic carbocycles. The molecule has 0 aromatic rings. The SMILES string of the molecule is CC1CCC(=O)CC1.CC1CCCC(=O)C1. The van der Waals surface area contributed by atoms with Crippen LogP contribution in [0.1, 0.15) is 65.2 Å². The number of ketones is 2. The molecule has 2 aliphatic rings. The lowest BCUT2D eigenvalue weighted by molar-refractivity contribution is -0.121. The maximum atomic E-state index is 10.7. The molecule has 1 atom stereocenters. The molecule has 0 N–H and O–H groups in total. The van der Waals surface area contributed by atoms with Crippen molar-refractivity contribution in [2.45, 2.75) is 65.2 Å². The van der Waals surface area contributed by atoms with Crippen molar-refractivity contribution in [1.29, 1.82) is 0 Å². The highest BCUT2D eigenvalue weighted by molar-refractivity contribution is 5.79. The Morgan fingerprint density at radius 2 is 1.44 bits per heavy atom. The van der Waals surface area contributed by atoms with Crippen LogP contribution < -0.4 is 0 Å². The van der Waals surface area contributed by atoms with Crippen LogP contribution in [0.3, 0.4) is 0 Å². The van der Waals surface area contributed by atoms with Crippen molar-refractivity contribution in [3.63, 3.8) is 0 Å². The fourth-order valence-electron chi connectivity index (χ4n) is 2.32. The second kappa shape index (κ2) is 6.82. The number of hydrogen-bond acceptors (Lipinski definition) is 2. The summed E-state index contributed by atoms with van der Waals surface area (Å²) in [5.41, 5.74) is 0. The molecule has 2 saturated carbocycles. The van der Waals surface area contributed by atoms with Gasteiger partial charge in [0.25, 0.3) is 0 Å². The van der Waals surface area contributed by atoms with E-state index in [1.807, 2.05) is 0 Å². The Labute approximate surface area is 98.8 Å². The zero-order chi connectivity index (χ0) is 12.0. The highest BCUT2D eigenvalue weighted by Crippen LogP contribution is 2.20. The molecule has 92 valence electrons. The lowest BCUT2D eigenvalue weighted by atomic mass is 9.90. The van der Waals surface area contributed by atoms with Gasteiger partial charge in [0.15, 0.2) is 0 Å². The van der Waals surface area contributed by atoms with Gasteiger partial charge in [0.1, 0.15) is 11.6 Å². The fraction of sp³-hybridized carbons (Fsp3) is 0.857. The Morgan fingerprint density at radius 1 is 0.812 bits per heavy atom. The molecule has 0 amide bonds. The monoisotopic (exact) mass is 224 g/mol. The third kappa shape index (κ3) is 5.43. The molecule has 0 aromatic carbocycles. The Balaban J connectivity index is 0.000000160. The number of Topliss-reactive ketones (excluding diaryl/α,β-unsaturated/α-hetero) is 2. The van der Waals surface area contributed by atoms with Crippen molar-refractivity contribution in [3.8, 4) is 0 Å². The third-order valence-electron chi connectivity index (χ3n) is 3.56.